The van der Waals surface area contributed by atoms with Crippen molar-refractivity contribution < 1.29 is 9.18 Å². The Morgan fingerprint density at radius 1 is 1.07 bits per heavy atom. The van der Waals surface area contributed by atoms with Crippen LogP contribution in [0.2, 0.25) is 5.02 Å². The molecule has 30 heavy (non-hydrogen) atoms. The fraction of sp³-hybridized carbons (Fsp3) is 0.174. The van der Waals surface area contributed by atoms with E-state index in [2.05, 4.69) is 10.3 Å². The van der Waals surface area contributed by atoms with Gasteiger partial charge in [-0.25, -0.2) is 14.4 Å². The van der Waals surface area contributed by atoms with Crippen LogP contribution in [-0.4, -0.2) is 20.4 Å². The Kier molecular flexibility index (Phi) is 6.05. The zero-order valence-corrected chi connectivity index (χ0v) is 16.9. The van der Waals surface area contributed by atoms with Gasteiger partial charge in [0.25, 0.3) is 0 Å². The number of aryl methyl sites for hydroxylation is 1. The first-order valence-electron chi connectivity index (χ1n) is 9.68. The van der Waals surface area contributed by atoms with Gasteiger partial charge in [-0.2, -0.15) is 0 Å². The number of carbonyl (C=O) groups is 1. The summed E-state index contributed by atoms with van der Waals surface area (Å²) >= 11 is 5.87. The van der Waals surface area contributed by atoms with E-state index in [-0.39, 0.29) is 11.7 Å². The van der Waals surface area contributed by atoms with Crippen LogP contribution in [0.5, 0.6) is 0 Å². The molecule has 2 aromatic carbocycles. The van der Waals surface area contributed by atoms with Crippen molar-refractivity contribution in [3.05, 3.63) is 89.1 Å². The molecule has 0 saturated heterocycles. The van der Waals surface area contributed by atoms with E-state index in [0.29, 0.717) is 30.8 Å². The molecular weight excluding hydrogens is 403 g/mol. The lowest BCUT2D eigenvalue weighted by atomic mass is 10.2. The molecule has 4 aromatic rings. The van der Waals surface area contributed by atoms with Crippen molar-refractivity contribution in [2.45, 2.75) is 25.8 Å². The lowest BCUT2D eigenvalue weighted by Gasteiger charge is -2.09. The average molecular weight is 423 g/mol. The molecule has 0 aliphatic carbocycles. The van der Waals surface area contributed by atoms with Gasteiger partial charge in [-0.1, -0.05) is 23.7 Å². The molecule has 2 heterocycles. The highest BCUT2D eigenvalue weighted by Crippen LogP contribution is 2.18. The molecule has 0 bridgehead atoms. The van der Waals surface area contributed by atoms with Crippen molar-refractivity contribution in [1.82, 2.24) is 14.5 Å². The predicted molar refractivity (Wildman–Crippen MR) is 116 cm³/mol. The quantitative estimate of drug-likeness (QED) is 0.443. The molecule has 0 aliphatic rings. The summed E-state index contributed by atoms with van der Waals surface area (Å²) in [7, 11) is 0. The maximum Gasteiger partial charge on any atom is 0.224 e. The highest BCUT2D eigenvalue weighted by atomic mass is 35.5. The van der Waals surface area contributed by atoms with Crippen molar-refractivity contribution in [1.29, 1.82) is 0 Å². The van der Waals surface area contributed by atoms with E-state index >= 15 is 0 Å². The number of nitrogens with zero attached hydrogens (tertiary/aromatic N) is 3. The third kappa shape index (κ3) is 4.83. The maximum atomic E-state index is 13.2. The van der Waals surface area contributed by atoms with Gasteiger partial charge >= 0.3 is 0 Å². The molecule has 1 N–H and O–H groups in total. The van der Waals surface area contributed by atoms with Crippen LogP contribution in [0.3, 0.4) is 0 Å². The van der Waals surface area contributed by atoms with Gasteiger partial charge in [0.05, 0.1) is 6.54 Å². The van der Waals surface area contributed by atoms with Gasteiger partial charge in [0.15, 0.2) is 5.65 Å². The standard InChI is InChI=1S/C23H20ClFN4O/c24-17-8-12-19(13-9-17)27-22(30)5-1-4-21-28-20-3-2-14-26-23(20)29(21)15-16-6-10-18(25)11-7-16/h2-3,6-14H,1,4-5,15H2,(H,27,30). The SMILES string of the molecule is O=C(CCCc1nc2cccnc2n1Cc1ccc(F)cc1)Nc1ccc(Cl)cc1. The second-order valence-electron chi connectivity index (χ2n) is 7.00. The van der Waals surface area contributed by atoms with Gasteiger partial charge in [0.2, 0.25) is 5.91 Å². The normalized spacial score (nSPS) is 11.0. The molecule has 0 radical (unpaired) electrons. The van der Waals surface area contributed by atoms with E-state index in [1.165, 1.54) is 12.1 Å². The Bertz CT molecular complexity index is 1160. The summed E-state index contributed by atoms with van der Waals surface area (Å²) in [6, 6.07) is 17.2. The Balaban J connectivity index is 1.44. The third-order valence-electron chi connectivity index (χ3n) is 4.77. The number of pyridine rings is 1. The minimum Gasteiger partial charge on any atom is -0.326 e. The largest absolute Gasteiger partial charge is 0.326 e. The summed E-state index contributed by atoms with van der Waals surface area (Å²) in [6.45, 7) is 0.542. The summed E-state index contributed by atoms with van der Waals surface area (Å²) in [5.41, 5.74) is 3.27. The lowest BCUT2D eigenvalue weighted by Crippen LogP contribution is -2.12. The van der Waals surface area contributed by atoms with E-state index in [1.807, 2.05) is 16.7 Å². The number of hydrogen-bond acceptors (Lipinski definition) is 3. The number of hydrogen-bond donors (Lipinski definition) is 1. The van der Waals surface area contributed by atoms with Gasteiger partial charge in [-0.05, 0) is 60.5 Å². The van der Waals surface area contributed by atoms with Crippen molar-refractivity contribution in [2.24, 2.45) is 0 Å². The van der Waals surface area contributed by atoms with Crippen LogP contribution in [0, 0.1) is 5.82 Å². The summed E-state index contributed by atoms with van der Waals surface area (Å²) in [4.78, 5) is 21.4. The minimum atomic E-state index is -0.265. The van der Waals surface area contributed by atoms with Crippen LogP contribution < -0.4 is 5.32 Å². The first-order chi connectivity index (χ1) is 14.6. The summed E-state index contributed by atoms with van der Waals surface area (Å²) in [6.07, 6.45) is 3.38. The molecule has 152 valence electrons. The number of nitrogens with one attached hydrogen (secondary N) is 1. The van der Waals surface area contributed by atoms with Crippen molar-refractivity contribution in [2.75, 3.05) is 5.32 Å². The van der Waals surface area contributed by atoms with E-state index < -0.39 is 0 Å². The summed E-state index contributed by atoms with van der Waals surface area (Å²) in [5, 5.41) is 3.50. The number of amides is 1. The molecule has 5 nitrogen and oxygen atoms in total. The molecule has 0 atom stereocenters. The number of imidazole rings is 1. The molecular formula is C23H20ClFN4O. The van der Waals surface area contributed by atoms with Crippen LogP contribution in [0.1, 0.15) is 24.2 Å². The van der Waals surface area contributed by atoms with Crippen molar-refractivity contribution in [3.63, 3.8) is 0 Å². The van der Waals surface area contributed by atoms with Crippen LogP contribution in [0.15, 0.2) is 66.9 Å². The van der Waals surface area contributed by atoms with Crippen LogP contribution >= 0.6 is 11.6 Å². The number of benzene rings is 2. The van der Waals surface area contributed by atoms with Crippen LogP contribution in [0.25, 0.3) is 11.2 Å². The van der Waals surface area contributed by atoms with E-state index in [9.17, 15) is 9.18 Å². The van der Waals surface area contributed by atoms with Crippen LogP contribution in [-0.2, 0) is 17.8 Å². The van der Waals surface area contributed by atoms with E-state index in [0.717, 1.165) is 28.2 Å². The van der Waals surface area contributed by atoms with Crippen molar-refractivity contribution >= 4 is 34.4 Å². The molecule has 0 unspecified atom stereocenters. The lowest BCUT2D eigenvalue weighted by molar-refractivity contribution is -0.116. The van der Waals surface area contributed by atoms with E-state index in [1.54, 1.807) is 42.6 Å². The Labute approximate surface area is 178 Å². The highest BCUT2D eigenvalue weighted by Gasteiger charge is 2.13. The number of rotatable bonds is 7. The fourth-order valence-corrected chi connectivity index (χ4v) is 3.42. The Morgan fingerprint density at radius 3 is 2.60 bits per heavy atom. The van der Waals surface area contributed by atoms with Crippen molar-refractivity contribution in [3.8, 4) is 0 Å². The molecule has 7 heteroatoms. The topological polar surface area (TPSA) is 59.8 Å². The molecule has 2 aromatic heterocycles. The molecule has 0 fully saturated rings. The van der Waals surface area contributed by atoms with E-state index in [4.69, 9.17) is 16.6 Å². The van der Waals surface area contributed by atoms with Crippen LogP contribution in [0.4, 0.5) is 10.1 Å². The number of halogens is 2. The number of anilines is 1. The Morgan fingerprint density at radius 2 is 1.83 bits per heavy atom. The number of fused-ring (bicyclic) bond motifs is 1. The minimum absolute atomic E-state index is 0.0587. The first kappa shape index (κ1) is 20.0. The second-order valence-corrected chi connectivity index (χ2v) is 7.43. The predicted octanol–water partition coefficient (Wildman–Crippen LogP) is 5.23. The zero-order chi connectivity index (χ0) is 20.9. The summed E-state index contributed by atoms with van der Waals surface area (Å²) < 4.78 is 15.3. The monoisotopic (exact) mass is 422 g/mol. The summed E-state index contributed by atoms with van der Waals surface area (Å²) in [5.74, 6) is 0.531. The van der Waals surface area contributed by atoms with Gasteiger partial charge in [-0.15, -0.1) is 0 Å². The molecule has 4 rings (SSSR count). The number of aromatic nitrogens is 3. The first-order valence-corrected chi connectivity index (χ1v) is 10.1. The molecule has 0 saturated carbocycles. The highest BCUT2D eigenvalue weighted by molar-refractivity contribution is 6.30. The second kappa shape index (κ2) is 9.05. The smallest absolute Gasteiger partial charge is 0.224 e. The fourth-order valence-electron chi connectivity index (χ4n) is 3.30. The molecule has 0 aliphatic heterocycles. The number of carbonyl (C=O) groups excluding carboxylic acids is 1. The maximum absolute atomic E-state index is 13.2. The third-order valence-corrected chi connectivity index (χ3v) is 5.02. The zero-order valence-electron chi connectivity index (χ0n) is 16.2. The van der Waals surface area contributed by atoms with Gasteiger partial charge in [0, 0.05) is 29.7 Å². The Hall–Kier alpha value is -3.25. The van der Waals surface area contributed by atoms with Gasteiger partial charge in [-0.3, -0.25) is 4.79 Å². The average Bonchev–Trinajstić information content (AvgIpc) is 3.09. The molecule has 0 spiro atoms. The molecule has 1 amide bonds. The van der Waals surface area contributed by atoms with Gasteiger partial charge < -0.3 is 9.88 Å². The van der Waals surface area contributed by atoms with Gasteiger partial charge in [0.1, 0.15) is 17.2 Å².